The van der Waals surface area contributed by atoms with E-state index in [1.165, 1.54) is 7.11 Å². The predicted octanol–water partition coefficient (Wildman–Crippen LogP) is 2.28. The van der Waals surface area contributed by atoms with E-state index in [-0.39, 0.29) is 5.91 Å². The first-order chi connectivity index (χ1) is 11.7. The minimum atomic E-state index is -1.15. The Labute approximate surface area is 139 Å². The van der Waals surface area contributed by atoms with Gasteiger partial charge in [-0.25, -0.2) is 0 Å². The Kier molecular flexibility index (Phi) is 3.39. The fraction of sp³-hybridized carbons (Fsp3) is 0.263. The highest BCUT2D eigenvalue weighted by atomic mass is 16.5. The molecule has 1 fully saturated rings. The molecule has 1 amide bonds. The van der Waals surface area contributed by atoms with Crippen LogP contribution in [-0.2, 0) is 20.0 Å². The lowest BCUT2D eigenvalue weighted by molar-refractivity contribution is -0.161. The minimum Gasteiger partial charge on any atom is -0.468 e. The molecule has 2 atom stereocenters. The fourth-order valence-corrected chi connectivity index (χ4v) is 3.82. The predicted molar refractivity (Wildman–Crippen MR) is 86.3 cm³/mol. The molecular weight excluding hydrogens is 306 g/mol. The summed E-state index contributed by atoms with van der Waals surface area (Å²) in [6.45, 7) is 0.817. The molecule has 5 heteroatoms. The van der Waals surface area contributed by atoms with Crippen molar-refractivity contribution in [1.82, 2.24) is 4.90 Å². The zero-order chi connectivity index (χ0) is 16.7. The Morgan fingerprint density at radius 2 is 1.88 bits per heavy atom. The summed E-state index contributed by atoms with van der Waals surface area (Å²) in [5.74, 6) is -1.25. The van der Waals surface area contributed by atoms with E-state index >= 15 is 0 Å². The number of rotatable bonds is 2. The molecule has 2 heterocycles. The number of hydrogen-bond acceptors (Lipinski definition) is 4. The highest BCUT2D eigenvalue weighted by molar-refractivity contribution is 6.01. The Balaban J connectivity index is 2.02. The number of amides is 1. The maximum Gasteiger partial charge on any atom is 0.318 e. The van der Waals surface area contributed by atoms with Crippen LogP contribution in [0.3, 0.4) is 0 Å². The Hall–Kier alpha value is -2.66. The number of hydrogen-bond donors (Lipinski definition) is 0. The third kappa shape index (κ3) is 1.85. The van der Waals surface area contributed by atoms with Crippen molar-refractivity contribution in [3.05, 3.63) is 71.3 Å². The largest absolute Gasteiger partial charge is 0.468 e. The van der Waals surface area contributed by atoms with Crippen molar-refractivity contribution in [1.29, 1.82) is 0 Å². The first kappa shape index (κ1) is 14.9. The highest BCUT2D eigenvalue weighted by Gasteiger charge is 2.59. The van der Waals surface area contributed by atoms with Gasteiger partial charge in [0.05, 0.1) is 13.7 Å². The van der Waals surface area contributed by atoms with Crippen LogP contribution in [0.5, 0.6) is 0 Å². The number of ether oxygens (including phenoxy) is 2. The number of fused-ring (bicyclic) bond motifs is 2. The Morgan fingerprint density at radius 1 is 1.17 bits per heavy atom. The normalized spacial score (nSPS) is 25.1. The van der Waals surface area contributed by atoms with Crippen LogP contribution in [0.15, 0.2) is 54.6 Å². The van der Waals surface area contributed by atoms with E-state index in [0.29, 0.717) is 24.3 Å². The van der Waals surface area contributed by atoms with Gasteiger partial charge in [-0.2, -0.15) is 0 Å². The van der Waals surface area contributed by atoms with Crippen molar-refractivity contribution >= 4 is 11.9 Å². The summed E-state index contributed by atoms with van der Waals surface area (Å²) >= 11 is 0. The molecule has 122 valence electrons. The molecule has 24 heavy (non-hydrogen) atoms. The molecule has 0 aliphatic carbocycles. The van der Waals surface area contributed by atoms with Gasteiger partial charge in [0, 0.05) is 17.7 Å². The maximum absolute atomic E-state index is 13.0. The summed E-state index contributed by atoms with van der Waals surface area (Å²) < 4.78 is 11.2. The monoisotopic (exact) mass is 323 g/mol. The smallest absolute Gasteiger partial charge is 0.318 e. The summed E-state index contributed by atoms with van der Waals surface area (Å²) in [6.07, 6.45) is 0. The molecule has 2 aromatic rings. The molecule has 1 saturated heterocycles. The first-order valence-electron chi connectivity index (χ1n) is 7.88. The molecule has 2 aromatic carbocycles. The topological polar surface area (TPSA) is 55.8 Å². The molecule has 0 radical (unpaired) electrons. The van der Waals surface area contributed by atoms with Gasteiger partial charge in [-0.15, -0.1) is 0 Å². The van der Waals surface area contributed by atoms with Gasteiger partial charge in [0.25, 0.3) is 5.91 Å². The lowest BCUT2D eigenvalue weighted by atomic mass is 9.77. The van der Waals surface area contributed by atoms with E-state index in [2.05, 4.69) is 0 Å². The molecule has 2 aliphatic rings. The number of esters is 1. The fourth-order valence-electron chi connectivity index (χ4n) is 3.82. The van der Waals surface area contributed by atoms with Crippen LogP contribution < -0.4 is 0 Å². The zero-order valence-electron chi connectivity index (χ0n) is 13.3. The second-order valence-electron chi connectivity index (χ2n) is 5.91. The lowest BCUT2D eigenvalue weighted by Crippen LogP contribution is -2.55. The van der Waals surface area contributed by atoms with E-state index in [4.69, 9.17) is 9.47 Å². The van der Waals surface area contributed by atoms with Gasteiger partial charge in [0.15, 0.2) is 5.72 Å². The zero-order valence-corrected chi connectivity index (χ0v) is 13.3. The maximum atomic E-state index is 13.0. The van der Waals surface area contributed by atoms with E-state index in [1.807, 2.05) is 36.4 Å². The van der Waals surface area contributed by atoms with Crippen molar-refractivity contribution in [2.75, 3.05) is 20.3 Å². The molecule has 0 unspecified atom stereocenters. The third-order valence-corrected chi connectivity index (χ3v) is 4.80. The average Bonchev–Trinajstić information content (AvgIpc) is 3.08. The third-order valence-electron chi connectivity index (χ3n) is 4.80. The summed E-state index contributed by atoms with van der Waals surface area (Å²) in [4.78, 5) is 27.4. The van der Waals surface area contributed by atoms with Gasteiger partial charge < -0.3 is 14.4 Å². The van der Waals surface area contributed by atoms with Crippen molar-refractivity contribution in [2.45, 2.75) is 11.6 Å². The van der Waals surface area contributed by atoms with Gasteiger partial charge in [-0.1, -0.05) is 48.5 Å². The van der Waals surface area contributed by atoms with Gasteiger partial charge in [-0.05, 0) is 11.6 Å². The van der Waals surface area contributed by atoms with Gasteiger partial charge in [0.1, 0.15) is 5.92 Å². The molecule has 4 rings (SSSR count). The minimum absolute atomic E-state index is 0.118. The van der Waals surface area contributed by atoms with Gasteiger partial charge in [0.2, 0.25) is 0 Å². The van der Waals surface area contributed by atoms with E-state index in [9.17, 15) is 9.59 Å². The van der Waals surface area contributed by atoms with E-state index < -0.39 is 17.6 Å². The first-order valence-corrected chi connectivity index (χ1v) is 7.88. The van der Waals surface area contributed by atoms with E-state index in [0.717, 1.165) is 5.56 Å². The Bertz CT molecular complexity index is 804. The van der Waals surface area contributed by atoms with Crippen LogP contribution in [0, 0.1) is 0 Å². The van der Waals surface area contributed by atoms with Crippen molar-refractivity contribution in [2.24, 2.45) is 0 Å². The summed E-state index contributed by atoms with van der Waals surface area (Å²) in [7, 11) is 1.36. The van der Waals surface area contributed by atoms with Crippen LogP contribution in [-0.4, -0.2) is 37.0 Å². The second kappa shape index (κ2) is 5.46. The molecular formula is C19H17NO4. The van der Waals surface area contributed by atoms with Crippen LogP contribution in [0.4, 0.5) is 0 Å². The number of carbonyl (C=O) groups is 2. The van der Waals surface area contributed by atoms with Crippen LogP contribution in [0.2, 0.25) is 0 Å². The average molecular weight is 323 g/mol. The quantitative estimate of drug-likeness (QED) is 0.796. The van der Waals surface area contributed by atoms with Crippen LogP contribution in [0.1, 0.15) is 27.4 Å². The Morgan fingerprint density at radius 3 is 2.62 bits per heavy atom. The summed E-state index contributed by atoms with van der Waals surface area (Å²) in [5, 5.41) is 0. The van der Waals surface area contributed by atoms with Crippen molar-refractivity contribution in [3.8, 4) is 0 Å². The van der Waals surface area contributed by atoms with Gasteiger partial charge >= 0.3 is 5.97 Å². The standard InChI is InChI=1S/C19H17NO4/c1-23-18(22)16-14-9-5-6-10-15(14)17(21)20-11-12-24-19(16,20)13-7-3-2-4-8-13/h2-10,16H,11-12H2,1H3/t16-,19+/m1/s1. The molecule has 0 saturated carbocycles. The van der Waals surface area contributed by atoms with Crippen molar-refractivity contribution in [3.63, 3.8) is 0 Å². The van der Waals surface area contributed by atoms with Crippen LogP contribution in [0.25, 0.3) is 0 Å². The molecule has 0 bridgehead atoms. The molecule has 2 aliphatic heterocycles. The summed E-state index contributed by atoms with van der Waals surface area (Å²) in [6, 6.07) is 16.6. The summed E-state index contributed by atoms with van der Waals surface area (Å²) in [5.41, 5.74) is 0.807. The number of nitrogens with zero attached hydrogens (tertiary/aromatic N) is 1. The van der Waals surface area contributed by atoms with Gasteiger partial charge in [-0.3, -0.25) is 9.59 Å². The lowest BCUT2D eigenvalue weighted by Gasteiger charge is -2.45. The molecule has 5 nitrogen and oxygen atoms in total. The highest BCUT2D eigenvalue weighted by Crippen LogP contribution is 2.51. The number of carbonyl (C=O) groups excluding carboxylic acids is 2. The number of methoxy groups -OCH3 is 1. The second-order valence-corrected chi connectivity index (χ2v) is 5.91. The van der Waals surface area contributed by atoms with Crippen molar-refractivity contribution < 1.29 is 19.1 Å². The van der Waals surface area contributed by atoms with Crippen LogP contribution >= 0.6 is 0 Å². The number of benzene rings is 2. The molecule has 0 spiro atoms. The molecule has 0 aromatic heterocycles. The van der Waals surface area contributed by atoms with E-state index in [1.54, 1.807) is 23.1 Å². The SMILES string of the molecule is COC(=O)[C@H]1c2ccccc2C(=O)N2CCO[C@@]12c1ccccc1. The molecule has 0 N–H and O–H groups in total.